The second-order valence-corrected chi connectivity index (χ2v) is 9.13. The van der Waals surface area contributed by atoms with Gasteiger partial charge < -0.3 is 9.72 Å². The van der Waals surface area contributed by atoms with E-state index in [9.17, 15) is 9.59 Å². The van der Waals surface area contributed by atoms with Gasteiger partial charge in [0.2, 0.25) is 0 Å². The van der Waals surface area contributed by atoms with Crippen molar-refractivity contribution in [2.75, 3.05) is 12.9 Å². The lowest BCUT2D eigenvalue weighted by Gasteiger charge is -2.17. The summed E-state index contributed by atoms with van der Waals surface area (Å²) in [6.45, 7) is 1.86. The van der Waals surface area contributed by atoms with Gasteiger partial charge in [-0.3, -0.25) is 14.2 Å². The maximum Gasteiger partial charge on any atom is 0.266 e. The molecule has 8 heteroatoms. The van der Waals surface area contributed by atoms with Gasteiger partial charge in [0.15, 0.2) is 10.9 Å². The number of ether oxygens (including phenoxy) is 1. The number of H-pyrrole nitrogens is 1. The number of Topliss-reactive ketones (excluding diaryl/α,β-unsaturated/α-hetero) is 1. The molecule has 0 fully saturated rings. The number of aryl methyl sites for hydroxylation is 1. The predicted molar refractivity (Wildman–Crippen MR) is 137 cm³/mol. The molecule has 0 radical (unpaired) electrons. The van der Waals surface area contributed by atoms with Crippen LogP contribution in [0.5, 0.6) is 5.75 Å². The molecule has 0 saturated carbocycles. The fourth-order valence-electron chi connectivity index (χ4n) is 3.92. The topological polar surface area (TPSA) is 77.0 Å². The number of hydrogen-bond donors (Lipinski definition) is 1. The first kappa shape index (κ1) is 22.3. The Bertz CT molecular complexity index is 1620. The summed E-state index contributed by atoms with van der Waals surface area (Å²) in [5.74, 6) is 0.497. The summed E-state index contributed by atoms with van der Waals surface area (Å²) in [5, 5.41) is 2.28. The lowest BCUT2D eigenvalue weighted by molar-refractivity contribution is 0.102. The van der Waals surface area contributed by atoms with Crippen molar-refractivity contribution >= 4 is 51.0 Å². The van der Waals surface area contributed by atoms with Crippen molar-refractivity contribution in [1.29, 1.82) is 0 Å². The zero-order valence-corrected chi connectivity index (χ0v) is 20.0. The third-order valence-electron chi connectivity index (χ3n) is 5.67. The minimum absolute atomic E-state index is 0.0596. The van der Waals surface area contributed by atoms with Gasteiger partial charge in [0.05, 0.1) is 29.5 Å². The molecule has 34 heavy (non-hydrogen) atoms. The smallest absolute Gasteiger partial charge is 0.266 e. The lowest BCUT2D eigenvalue weighted by atomic mass is 10.1. The Morgan fingerprint density at radius 3 is 2.65 bits per heavy atom. The normalized spacial score (nSPS) is 11.3. The van der Waals surface area contributed by atoms with Crippen LogP contribution in [-0.4, -0.2) is 33.2 Å². The van der Waals surface area contributed by atoms with Gasteiger partial charge >= 0.3 is 0 Å². The summed E-state index contributed by atoms with van der Waals surface area (Å²) < 4.78 is 7.04. The number of halogens is 1. The van der Waals surface area contributed by atoms with Crippen LogP contribution in [-0.2, 0) is 0 Å². The minimum Gasteiger partial charge on any atom is -0.495 e. The molecule has 0 aliphatic carbocycles. The van der Waals surface area contributed by atoms with E-state index in [1.165, 1.54) is 23.4 Å². The molecule has 0 unspecified atom stereocenters. The monoisotopic (exact) mass is 489 g/mol. The first-order chi connectivity index (χ1) is 16.5. The fraction of sp³-hybridized carbons (Fsp3) is 0.115. The molecule has 0 spiro atoms. The number of ketones is 1. The Labute approximate surface area is 204 Å². The number of carbonyl (C=O) groups excluding carboxylic acids is 1. The number of rotatable bonds is 6. The molecule has 2 aromatic heterocycles. The number of thioether (sulfide) groups is 1. The summed E-state index contributed by atoms with van der Waals surface area (Å²) in [5.41, 5.74) is 3.15. The van der Waals surface area contributed by atoms with Crippen LogP contribution in [0.25, 0.3) is 27.5 Å². The van der Waals surface area contributed by atoms with E-state index in [1.807, 2.05) is 37.3 Å². The summed E-state index contributed by atoms with van der Waals surface area (Å²) in [6.07, 6.45) is 1.72. The number of nitrogens with zero attached hydrogens (tertiary/aromatic N) is 2. The maximum atomic E-state index is 13.6. The van der Waals surface area contributed by atoms with E-state index in [-0.39, 0.29) is 17.1 Å². The zero-order valence-electron chi connectivity index (χ0n) is 18.5. The molecule has 3 aromatic carbocycles. The average molecular weight is 490 g/mol. The van der Waals surface area contributed by atoms with Gasteiger partial charge in [0.1, 0.15) is 5.75 Å². The molecule has 170 valence electrons. The summed E-state index contributed by atoms with van der Waals surface area (Å²) in [6, 6.07) is 18.3. The van der Waals surface area contributed by atoms with Crippen LogP contribution in [0, 0.1) is 6.92 Å². The standard InChI is InChI=1S/C26H20ClN3O3S/c1-15-11-22(24(33-2)12-19(15)27)30-25(32)17-8-4-6-10-21(17)29-26(30)34-14-23(31)18-13-28-20-9-5-3-7-16(18)20/h3-13,28H,14H2,1-2H3. The molecule has 0 saturated heterocycles. The van der Waals surface area contributed by atoms with Crippen molar-refractivity contribution in [3.8, 4) is 11.4 Å². The molecule has 0 aliphatic rings. The molecule has 5 rings (SSSR count). The second kappa shape index (κ2) is 9.00. The van der Waals surface area contributed by atoms with Crippen molar-refractivity contribution in [1.82, 2.24) is 14.5 Å². The van der Waals surface area contributed by atoms with Crippen molar-refractivity contribution in [2.45, 2.75) is 12.1 Å². The summed E-state index contributed by atoms with van der Waals surface area (Å²) in [7, 11) is 1.53. The van der Waals surface area contributed by atoms with E-state index in [2.05, 4.69) is 4.98 Å². The van der Waals surface area contributed by atoms with Crippen molar-refractivity contribution in [3.63, 3.8) is 0 Å². The second-order valence-electron chi connectivity index (χ2n) is 7.79. The molecule has 0 amide bonds. The molecular weight excluding hydrogens is 470 g/mol. The Hall–Kier alpha value is -3.55. The average Bonchev–Trinajstić information content (AvgIpc) is 3.28. The van der Waals surface area contributed by atoms with Crippen LogP contribution in [0.4, 0.5) is 0 Å². The Balaban J connectivity index is 1.62. The molecule has 5 aromatic rings. The van der Waals surface area contributed by atoms with Crippen molar-refractivity contribution in [3.05, 3.63) is 93.4 Å². The highest BCUT2D eigenvalue weighted by atomic mass is 35.5. The summed E-state index contributed by atoms with van der Waals surface area (Å²) in [4.78, 5) is 34.6. The Morgan fingerprint density at radius 1 is 1.12 bits per heavy atom. The largest absolute Gasteiger partial charge is 0.495 e. The third kappa shape index (κ3) is 3.87. The van der Waals surface area contributed by atoms with Gasteiger partial charge in [0, 0.05) is 33.8 Å². The van der Waals surface area contributed by atoms with Crippen molar-refractivity contribution in [2.24, 2.45) is 0 Å². The number of aromatic nitrogens is 3. The molecule has 0 aliphatic heterocycles. The summed E-state index contributed by atoms with van der Waals surface area (Å²) >= 11 is 7.51. The number of para-hydroxylation sites is 2. The Kier molecular flexibility index (Phi) is 5.89. The molecule has 1 N–H and O–H groups in total. The first-order valence-electron chi connectivity index (χ1n) is 10.6. The minimum atomic E-state index is -0.243. The van der Waals surface area contributed by atoms with E-state index in [0.29, 0.717) is 38.1 Å². The fourth-order valence-corrected chi connectivity index (χ4v) is 4.96. The van der Waals surface area contributed by atoms with Gasteiger partial charge in [-0.15, -0.1) is 0 Å². The third-order valence-corrected chi connectivity index (χ3v) is 7.01. The first-order valence-corrected chi connectivity index (χ1v) is 11.9. The highest BCUT2D eigenvalue weighted by Crippen LogP contribution is 2.32. The van der Waals surface area contributed by atoms with Gasteiger partial charge in [-0.2, -0.15) is 0 Å². The number of nitrogens with one attached hydrogen (secondary N) is 1. The quantitative estimate of drug-likeness (QED) is 0.185. The van der Waals surface area contributed by atoms with E-state index >= 15 is 0 Å². The number of carbonyl (C=O) groups is 1. The number of aromatic amines is 1. The predicted octanol–water partition coefficient (Wildman–Crippen LogP) is 5.81. The van der Waals surface area contributed by atoms with E-state index in [1.54, 1.807) is 36.5 Å². The van der Waals surface area contributed by atoms with E-state index in [0.717, 1.165) is 16.5 Å². The molecule has 0 bridgehead atoms. The van der Waals surface area contributed by atoms with Gasteiger partial charge in [-0.05, 0) is 36.8 Å². The molecular formula is C26H20ClN3O3S. The lowest BCUT2D eigenvalue weighted by Crippen LogP contribution is -2.23. The Morgan fingerprint density at radius 2 is 1.85 bits per heavy atom. The van der Waals surface area contributed by atoms with Crippen LogP contribution in [0.15, 0.2) is 76.8 Å². The highest BCUT2D eigenvalue weighted by molar-refractivity contribution is 7.99. The van der Waals surface area contributed by atoms with Crippen LogP contribution >= 0.6 is 23.4 Å². The van der Waals surface area contributed by atoms with Crippen LogP contribution in [0.2, 0.25) is 5.02 Å². The van der Waals surface area contributed by atoms with Gasteiger partial charge in [-0.25, -0.2) is 4.98 Å². The van der Waals surface area contributed by atoms with Crippen LogP contribution in [0.1, 0.15) is 15.9 Å². The molecule has 6 nitrogen and oxygen atoms in total. The zero-order chi connectivity index (χ0) is 23.8. The van der Waals surface area contributed by atoms with Crippen LogP contribution in [0.3, 0.4) is 0 Å². The maximum absolute atomic E-state index is 13.6. The molecule has 2 heterocycles. The number of fused-ring (bicyclic) bond motifs is 2. The van der Waals surface area contributed by atoms with Gasteiger partial charge in [0.25, 0.3) is 5.56 Å². The number of methoxy groups -OCH3 is 1. The van der Waals surface area contributed by atoms with Crippen molar-refractivity contribution < 1.29 is 9.53 Å². The van der Waals surface area contributed by atoms with Crippen LogP contribution < -0.4 is 10.3 Å². The van der Waals surface area contributed by atoms with Gasteiger partial charge in [-0.1, -0.05) is 53.7 Å². The molecule has 0 atom stereocenters. The number of benzene rings is 3. The van der Waals surface area contributed by atoms with E-state index in [4.69, 9.17) is 21.3 Å². The van der Waals surface area contributed by atoms with E-state index < -0.39 is 0 Å². The highest BCUT2D eigenvalue weighted by Gasteiger charge is 2.20. The number of hydrogen-bond acceptors (Lipinski definition) is 5. The SMILES string of the molecule is COc1cc(Cl)c(C)cc1-n1c(SCC(=O)c2c[nH]c3ccccc23)nc2ccccc2c1=O.